The first-order valence-electron chi connectivity index (χ1n) is 2.95. The van der Waals surface area contributed by atoms with Crippen molar-refractivity contribution < 1.29 is 9.52 Å². The lowest BCUT2D eigenvalue weighted by molar-refractivity contribution is 0.428. The minimum Gasteiger partial charge on any atom is -0.479 e. The predicted octanol–water partition coefficient (Wildman–Crippen LogP) is -0.921. The van der Waals surface area contributed by atoms with E-state index in [1.165, 1.54) is 0 Å². The van der Waals surface area contributed by atoms with Crippen molar-refractivity contribution >= 4 is 11.2 Å². The van der Waals surface area contributed by atoms with Crippen LogP contribution in [0.1, 0.15) is 0 Å². The standard InChI is InChI=1S/C5H2N4O3/c10-4-6-1-2-3(7-4)8-9-5(11)12-2/h1H,(H,6,7,10). The minimum atomic E-state index is -0.822. The van der Waals surface area contributed by atoms with Crippen molar-refractivity contribution in [3.63, 3.8) is 0 Å². The van der Waals surface area contributed by atoms with E-state index in [2.05, 4.69) is 24.6 Å². The molecule has 0 fully saturated rings. The highest BCUT2D eigenvalue weighted by Gasteiger charge is 2.02. The van der Waals surface area contributed by atoms with Gasteiger partial charge in [0.25, 0.3) is 0 Å². The number of rotatable bonds is 0. The summed E-state index contributed by atoms with van der Waals surface area (Å²) >= 11 is 0. The lowest BCUT2D eigenvalue weighted by atomic mass is 10.6. The van der Waals surface area contributed by atoms with Crippen LogP contribution in [0, 0.1) is 0 Å². The first kappa shape index (κ1) is 6.65. The molecule has 0 aliphatic heterocycles. The van der Waals surface area contributed by atoms with Gasteiger partial charge in [-0.15, -0.1) is 5.10 Å². The SMILES string of the molecule is O=c1nnc2nc(O)ncc2o1. The summed E-state index contributed by atoms with van der Waals surface area (Å²) in [6, 6.07) is -0.439. The van der Waals surface area contributed by atoms with Crippen LogP contribution in [0.5, 0.6) is 6.01 Å². The molecule has 60 valence electrons. The molecule has 0 saturated heterocycles. The third-order valence-corrected chi connectivity index (χ3v) is 1.15. The Hall–Kier alpha value is -2.05. The molecule has 0 radical (unpaired) electrons. The van der Waals surface area contributed by atoms with E-state index in [0.717, 1.165) is 6.20 Å². The van der Waals surface area contributed by atoms with Crippen LogP contribution in [0.25, 0.3) is 11.2 Å². The molecule has 0 atom stereocenters. The van der Waals surface area contributed by atoms with Crippen LogP contribution in [0.4, 0.5) is 0 Å². The van der Waals surface area contributed by atoms with Crippen molar-refractivity contribution in [3.05, 3.63) is 16.7 Å². The molecule has 2 heterocycles. The fourth-order valence-electron chi connectivity index (χ4n) is 0.699. The molecule has 0 aliphatic rings. The maximum Gasteiger partial charge on any atom is 0.458 e. The van der Waals surface area contributed by atoms with Crippen molar-refractivity contribution in [2.24, 2.45) is 0 Å². The number of hydrogen-bond donors (Lipinski definition) is 1. The fourth-order valence-corrected chi connectivity index (χ4v) is 0.699. The zero-order chi connectivity index (χ0) is 8.55. The van der Waals surface area contributed by atoms with E-state index >= 15 is 0 Å². The summed E-state index contributed by atoms with van der Waals surface area (Å²) in [6.45, 7) is 0. The van der Waals surface area contributed by atoms with E-state index in [-0.39, 0.29) is 11.2 Å². The Labute approximate surface area is 64.7 Å². The van der Waals surface area contributed by atoms with Crippen LogP contribution in [-0.4, -0.2) is 25.3 Å². The second-order valence-corrected chi connectivity index (χ2v) is 1.93. The van der Waals surface area contributed by atoms with Crippen LogP contribution >= 0.6 is 0 Å². The zero-order valence-electron chi connectivity index (χ0n) is 5.63. The lowest BCUT2D eigenvalue weighted by Crippen LogP contribution is -2.06. The van der Waals surface area contributed by atoms with E-state index in [1.54, 1.807) is 0 Å². The maximum atomic E-state index is 10.5. The first-order valence-corrected chi connectivity index (χ1v) is 2.95. The van der Waals surface area contributed by atoms with E-state index in [9.17, 15) is 4.79 Å². The van der Waals surface area contributed by atoms with E-state index < -0.39 is 11.8 Å². The third-order valence-electron chi connectivity index (χ3n) is 1.15. The summed E-state index contributed by atoms with van der Waals surface area (Å²) in [5.41, 5.74) is 0.134. The summed E-state index contributed by atoms with van der Waals surface area (Å²) in [4.78, 5) is 17.4. The van der Waals surface area contributed by atoms with Crippen LogP contribution < -0.4 is 5.76 Å². The van der Waals surface area contributed by atoms with Gasteiger partial charge in [0.1, 0.15) is 0 Å². The predicted molar refractivity (Wildman–Crippen MR) is 35.3 cm³/mol. The molecular weight excluding hydrogens is 164 g/mol. The maximum absolute atomic E-state index is 10.5. The molecule has 0 saturated carbocycles. The molecule has 7 heteroatoms. The van der Waals surface area contributed by atoms with Crippen molar-refractivity contribution in [2.45, 2.75) is 0 Å². The van der Waals surface area contributed by atoms with Crippen LogP contribution in [0.2, 0.25) is 0 Å². The second kappa shape index (κ2) is 2.22. The number of nitrogens with zero attached hydrogens (tertiary/aromatic N) is 4. The Bertz CT molecular complexity index is 479. The molecule has 2 aromatic rings. The summed E-state index contributed by atoms with van der Waals surface area (Å²) in [7, 11) is 0. The van der Waals surface area contributed by atoms with Crippen molar-refractivity contribution in [1.29, 1.82) is 0 Å². The zero-order valence-corrected chi connectivity index (χ0v) is 5.63. The number of aromatic hydroxyl groups is 1. The molecule has 7 nitrogen and oxygen atoms in total. The normalized spacial score (nSPS) is 10.3. The van der Waals surface area contributed by atoms with Gasteiger partial charge >= 0.3 is 11.8 Å². The minimum absolute atomic E-state index is 0.0436. The molecule has 12 heavy (non-hydrogen) atoms. The van der Waals surface area contributed by atoms with Gasteiger partial charge in [-0.1, -0.05) is 5.10 Å². The molecule has 1 N–H and O–H groups in total. The Balaban J connectivity index is 2.87. The number of aromatic nitrogens is 4. The molecule has 0 spiro atoms. The number of fused-ring (bicyclic) bond motifs is 1. The topological polar surface area (TPSA) is 102 Å². The highest BCUT2D eigenvalue weighted by Crippen LogP contribution is 2.05. The van der Waals surface area contributed by atoms with Gasteiger partial charge in [0.2, 0.25) is 5.65 Å². The Morgan fingerprint density at radius 2 is 2.25 bits per heavy atom. The lowest BCUT2D eigenvalue weighted by Gasteiger charge is -1.90. The molecule has 0 bridgehead atoms. The molecule has 0 unspecified atom stereocenters. The molecule has 2 rings (SSSR count). The smallest absolute Gasteiger partial charge is 0.458 e. The third kappa shape index (κ3) is 0.965. The van der Waals surface area contributed by atoms with E-state index in [0.29, 0.717) is 0 Å². The van der Waals surface area contributed by atoms with Gasteiger partial charge < -0.3 is 9.52 Å². The summed E-state index contributed by atoms with van der Waals surface area (Å²) in [6.07, 6.45) is 1.15. The summed E-state index contributed by atoms with van der Waals surface area (Å²) in [5, 5.41) is 15.2. The molecule has 2 aromatic heterocycles. The van der Waals surface area contributed by atoms with Crippen LogP contribution in [0.15, 0.2) is 15.4 Å². The molecule has 0 aliphatic carbocycles. The summed E-state index contributed by atoms with van der Waals surface area (Å²) < 4.78 is 4.55. The first-order chi connectivity index (χ1) is 5.75. The highest BCUT2D eigenvalue weighted by molar-refractivity contribution is 5.64. The monoisotopic (exact) mass is 166 g/mol. The van der Waals surface area contributed by atoms with Crippen molar-refractivity contribution in [3.8, 4) is 6.01 Å². The van der Waals surface area contributed by atoms with Gasteiger partial charge in [-0.3, -0.25) is 0 Å². The molecular formula is C5H2N4O3. The molecule has 0 aromatic carbocycles. The van der Waals surface area contributed by atoms with Gasteiger partial charge in [-0.25, -0.2) is 4.79 Å². The Morgan fingerprint density at radius 3 is 3.08 bits per heavy atom. The fraction of sp³-hybridized carbons (Fsp3) is 0. The number of hydrogen-bond acceptors (Lipinski definition) is 7. The van der Waals surface area contributed by atoms with Gasteiger partial charge in [-0.05, 0) is 0 Å². The average Bonchev–Trinajstić information content (AvgIpc) is 2.05. The van der Waals surface area contributed by atoms with Crippen molar-refractivity contribution in [1.82, 2.24) is 20.2 Å². The summed E-state index contributed by atoms with van der Waals surface area (Å²) in [5.74, 6) is -0.822. The Morgan fingerprint density at radius 1 is 1.42 bits per heavy atom. The second-order valence-electron chi connectivity index (χ2n) is 1.93. The van der Waals surface area contributed by atoms with E-state index in [4.69, 9.17) is 5.11 Å². The molecule has 0 amide bonds. The van der Waals surface area contributed by atoms with Crippen LogP contribution in [0.3, 0.4) is 0 Å². The Kier molecular flexibility index (Phi) is 1.23. The van der Waals surface area contributed by atoms with Crippen molar-refractivity contribution in [2.75, 3.05) is 0 Å². The van der Waals surface area contributed by atoms with Gasteiger partial charge in [0, 0.05) is 0 Å². The quantitative estimate of drug-likeness (QED) is 0.539. The highest BCUT2D eigenvalue weighted by atomic mass is 16.4. The van der Waals surface area contributed by atoms with Gasteiger partial charge in [-0.2, -0.15) is 9.97 Å². The van der Waals surface area contributed by atoms with Gasteiger partial charge in [0.15, 0.2) is 5.58 Å². The van der Waals surface area contributed by atoms with E-state index in [1.807, 2.05) is 0 Å². The average molecular weight is 166 g/mol. The van der Waals surface area contributed by atoms with Gasteiger partial charge in [0.05, 0.1) is 6.20 Å². The largest absolute Gasteiger partial charge is 0.479 e. The van der Waals surface area contributed by atoms with Crippen LogP contribution in [-0.2, 0) is 0 Å².